The average molecular weight is 215 g/mol. The SMILES string of the molecule is NC1NC=C(C(=O)N2CCOCC2)S1. The van der Waals surface area contributed by atoms with E-state index in [1.165, 1.54) is 11.8 Å². The van der Waals surface area contributed by atoms with Crippen molar-refractivity contribution in [3.05, 3.63) is 11.1 Å². The Morgan fingerprint density at radius 2 is 2.36 bits per heavy atom. The Kier molecular flexibility index (Phi) is 2.95. The fraction of sp³-hybridized carbons (Fsp3) is 0.625. The number of hydrogen-bond acceptors (Lipinski definition) is 5. The minimum Gasteiger partial charge on any atom is -0.378 e. The first kappa shape index (κ1) is 9.82. The molecule has 78 valence electrons. The molecule has 0 spiro atoms. The predicted octanol–water partition coefficient (Wildman–Crippen LogP) is -0.735. The van der Waals surface area contributed by atoms with Crippen LogP contribution in [0.5, 0.6) is 0 Å². The summed E-state index contributed by atoms with van der Waals surface area (Å²) >= 11 is 1.36. The third-order valence-electron chi connectivity index (χ3n) is 2.14. The number of amides is 1. The van der Waals surface area contributed by atoms with Crippen LogP contribution >= 0.6 is 11.8 Å². The van der Waals surface area contributed by atoms with Gasteiger partial charge in [0.05, 0.1) is 18.1 Å². The van der Waals surface area contributed by atoms with Gasteiger partial charge in [0.25, 0.3) is 5.91 Å². The molecule has 0 aromatic carbocycles. The number of morpholine rings is 1. The van der Waals surface area contributed by atoms with Crippen LogP contribution in [-0.4, -0.2) is 42.6 Å². The highest BCUT2D eigenvalue weighted by molar-refractivity contribution is 8.04. The van der Waals surface area contributed by atoms with Gasteiger partial charge in [-0.05, 0) is 0 Å². The van der Waals surface area contributed by atoms with Crippen molar-refractivity contribution in [2.45, 2.75) is 5.50 Å². The smallest absolute Gasteiger partial charge is 0.262 e. The number of nitrogens with one attached hydrogen (secondary N) is 1. The van der Waals surface area contributed by atoms with Crippen molar-refractivity contribution in [1.29, 1.82) is 0 Å². The molecule has 2 aliphatic rings. The Balaban J connectivity index is 1.94. The van der Waals surface area contributed by atoms with Gasteiger partial charge in [-0.1, -0.05) is 11.8 Å². The Morgan fingerprint density at radius 3 is 2.93 bits per heavy atom. The van der Waals surface area contributed by atoms with Gasteiger partial charge in [-0.15, -0.1) is 0 Å². The van der Waals surface area contributed by atoms with E-state index in [2.05, 4.69) is 5.32 Å². The fourth-order valence-electron chi connectivity index (χ4n) is 1.40. The maximum Gasteiger partial charge on any atom is 0.262 e. The molecule has 0 radical (unpaired) electrons. The Morgan fingerprint density at radius 1 is 1.64 bits per heavy atom. The monoisotopic (exact) mass is 215 g/mol. The van der Waals surface area contributed by atoms with Crippen LogP contribution in [-0.2, 0) is 9.53 Å². The fourth-order valence-corrected chi connectivity index (χ4v) is 2.17. The third-order valence-corrected chi connectivity index (χ3v) is 3.08. The van der Waals surface area contributed by atoms with Crippen LogP contribution in [0, 0.1) is 0 Å². The van der Waals surface area contributed by atoms with Gasteiger partial charge in [-0.25, -0.2) is 0 Å². The second kappa shape index (κ2) is 4.20. The quantitative estimate of drug-likeness (QED) is 0.603. The first-order valence-corrected chi connectivity index (χ1v) is 5.41. The molecule has 0 aromatic heterocycles. The van der Waals surface area contributed by atoms with Crippen molar-refractivity contribution in [2.24, 2.45) is 5.73 Å². The summed E-state index contributed by atoms with van der Waals surface area (Å²) in [6, 6.07) is 0. The normalized spacial score (nSPS) is 27.1. The van der Waals surface area contributed by atoms with E-state index in [0.29, 0.717) is 31.2 Å². The second-order valence-electron chi connectivity index (χ2n) is 3.12. The standard InChI is InChI=1S/C8H13N3O2S/c9-8-10-5-6(14-8)7(12)11-1-3-13-4-2-11/h5,8,10H,1-4,9H2. The number of carbonyl (C=O) groups excluding carboxylic acids is 1. The maximum absolute atomic E-state index is 11.8. The van der Waals surface area contributed by atoms with E-state index in [0.717, 1.165) is 0 Å². The topological polar surface area (TPSA) is 67.6 Å². The molecule has 1 atom stereocenters. The van der Waals surface area contributed by atoms with Gasteiger partial charge in [0.15, 0.2) is 0 Å². The largest absolute Gasteiger partial charge is 0.378 e. The number of nitrogens with two attached hydrogens (primary N) is 1. The summed E-state index contributed by atoms with van der Waals surface area (Å²) in [5.41, 5.74) is 5.41. The Hall–Kier alpha value is -0.720. The van der Waals surface area contributed by atoms with Gasteiger partial charge in [0.1, 0.15) is 5.50 Å². The van der Waals surface area contributed by atoms with E-state index < -0.39 is 0 Å². The molecule has 1 amide bonds. The number of nitrogens with zero attached hydrogens (tertiary/aromatic N) is 1. The van der Waals surface area contributed by atoms with Gasteiger partial charge in [-0.3, -0.25) is 4.79 Å². The van der Waals surface area contributed by atoms with Gasteiger partial charge >= 0.3 is 0 Å². The van der Waals surface area contributed by atoms with Crippen LogP contribution in [0.3, 0.4) is 0 Å². The number of hydrogen-bond donors (Lipinski definition) is 2. The van der Waals surface area contributed by atoms with Crippen LogP contribution in [0.15, 0.2) is 11.1 Å². The minimum absolute atomic E-state index is 0.0544. The van der Waals surface area contributed by atoms with E-state index >= 15 is 0 Å². The van der Waals surface area contributed by atoms with Crippen LogP contribution in [0.2, 0.25) is 0 Å². The van der Waals surface area contributed by atoms with Crippen LogP contribution < -0.4 is 11.1 Å². The lowest BCUT2D eigenvalue weighted by Crippen LogP contribution is -2.41. The lowest BCUT2D eigenvalue weighted by atomic mass is 10.4. The molecule has 5 nitrogen and oxygen atoms in total. The van der Waals surface area contributed by atoms with Crippen molar-refractivity contribution < 1.29 is 9.53 Å². The predicted molar refractivity (Wildman–Crippen MR) is 54.2 cm³/mol. The number of ether oxygens (including phenoxy) is 1. The third kappa shape index (κ3) is 2.02. The summed E-state index contributed by atoms with van der Waals surface area (Å²) in [6.07, 6.45) is 1.69. The number of rotatable bonds is 1. The lowest BCUT2D eigenvalue weighted by Gasteiger charge is -2.26. The number of thioether (sulfide) groups is 1. The molecule has 1 saturated heterocycles. The summed E-state index contributed by atoms with van der Waals surface area (Å²) in [7, 11) is 0. The molecule has 2 heterocycles. The molecule has 0 aromatic rings. The molecule has 6 heteroatoms. The van der Waals surface area contributed by atoms with E-state index in [4.69, 9.17) is 10.5 Å². The summed E-state index contributed by atoms with van der Waals surface area (Å²) in [4.78, 5) is 14.3. The molecule has 0 aliphatic carbocycles. The average Bonchev–Trinajstić information content (AvgIpc) is 2.65. The van der Waals surface area contributed by atoms with E-state index in [1.54, 1.807) is 11.1 Å². The second-order valence-corrected chi connectivity index (χ2v) is 4.30. The highest BCUT2D eigenvalue weighted by atomic mass is 32.2. The molecule has 0 saturated carbocycles. The molecule has 3 N–H and O–H groups in total. The maximum atomic E-state index is 11.8. The molecule has 2 rings (SSSR count). The molecule has 14 heavy (non-hydrogen) atoms. The molecule has 1 fully saturated rings. The van der Waals surface area contributed by atoms with Crippen LogP contribution in [0.25, 0.3) is 0 Å². The first-order chi connectivity index (χ1) is 6.77. The van der Waals surface area contributed by atoms with E-state index in [1.807, 2.05) is 0 Å². The summed E-state index contributed by atoms with van der Waals surface area (Å²) in [5, 5.41) is 2.89. The zero-order valence-electron chi connectivity index (χ0n) is 7.73. The minimum atomic E-state index is -0.185. The van der Waals surface area contributed by atoms with E-state index in [-0.39, 0.29) is 11.4 Å². The van der Waals surface area contributed by atoms with Crippen molar-refractivity contribution in [2.75, 3.05) is 26.3 Å². The highest BCUT2D eigenvalue weighted by Gasteiger charge is 2.25. The van der Waals surface area contributed by atoms with Crippen molar-refractivity contribution in [3.8, 4) is 0 Å². The van der Waals surface area contributed by atoms with E-state index in [9.17, 15) is 4.79 Å². The summed E-state index contributed by atoms with van der Waals surface area (Å²) < 4.78 is 5.17. The zero-order chi connectivity index (χ0) is 9.97. The highest BCUT2D eigenvalue weighted by Crippen LogP contribution is 2.24. The first-order valence-electron chi connectivity index (χ1n) is 4.53. The summed E-state index contributed by atoms with van der Waals surface area (Å²) in [6.45, 7) is 2.60. The van der Waals surface area contributed by atoms with Crippen molar-refractivity contribution in [3.63, 3.8) is 0 Å². The molecular weight excluding hydrogens is 202 g/mol. The molecular formula is C8H13N3O2S. The van der Waals surface area contributed by atoms with Crippen molar-refractivity contribution in [1.82, 2.24) is 10.2 Å². The van der Waals surface area contributed by atoms with Crippen LogP contribution in [0.1, 0.15) is 0 Å². The van der Waals surface area contributed by atoms with Crippen LogP contribution in [0.4, 0.5) is 0 Å². The lowest BCUT2D eigenvalue weighted by molar-refractivity contribution is -0.130. The molecule has 0 bridgehead atoms. The van der Waals surface area contributed by atoms with Crippen molar-refractivity contribution >= 4 is 17.7 Å². The Bertz CT molecular complexity index is 263. The van der Waals surface area contributed by atoms with Gasteiger partial charge in [0, 0.05) is 19.3 Å². The zero-order valence-corrected chi connectivity index (χ0v) is 8.55. The summed E-state index contributed by atoms with van der Waals surface area (Å²) in [5.74, 6) is 0.0544. The van der Waals surface area contributed by atoms with Gasteiger partial charge in [-0.2, -0.15) is 0 Å². The molecule has 1 unspecified atom stereocenters. The van der Waals surface area contributed by atoms with Gasteiger partial charge in [0.2, 0.25) is 0 Å². The Labute approximate surface area is 86.6 Å². The molecule has 2 aliphatic heterocycles. The number of carbonyl (C=O) groups is 1. The van der Waals surface area contributed by atoms with Gasteiger partial charge < -0.3 is 20.7 Å².